The zero-order valence-electron chi connectivity index (χ0n) is 22.1. The number of nitro groups is 1. The van der Waals surface area contributed by atoms with Gasteiger partial charge in [0.15, 0.2) is 17.3 Å². The molecule has 6 aromatic rings. The van der Waals surface area contributed by atoms with Crippen LogP contribution in [0, 0.1) is 10.1 Å². The standard InChI is InChI=1S/C31H21BrN4O6/c1-40-27-15-21(24(32)16-28(27)41-18-19-10-12-22(13-11-19)36(38)39)17-33-35-30(29-14-20-6-2-5-9-26(20)42-29)34-25-8-4-3-7-23(25)31(35)37/h2-17H,18H2,1H3. The highest BCUT2D eigenvalue weighted by atomic mass is 79.9. The van der Waals surface area contributed by atoms with Crippen molar-refractivity contribution in [3.05, 3.63) is 127 Å². The Labute approximate surface area is 246 Å². The Balaban J connectivity index is 1.35. The third-order valence-corrected chi connectivity index (χ3v) is 7.22. The molecule has 0 atom stereocenters. The van der Waals surface area contributed by atoms with Crippen molar-refractivity contribution in [2.45, 2.75) is 6.61 Å². The van der Waals surface area contributed by atoms with Gasteiger partial charge in [0.2, 0.25) is 5.82 Å². The Kier molecular flexibility index (Phi) is 7.24. The first-order valence-electron chi connectivity index (χ1n) is 12.7. The smallest absolute Gasteiger partial charge is 0.282 e. The van der Waals surface area contributed by atoms with Crippen LogP contribution in [-0.2, 0) is 6.61 Å². The van der Waals surface area contributed by atoms with Crippen molar-refractivity contribution in [3.8, 4) is 23.1 Å². The summed E-state index contributed by atoms with van der Waals surface area (Å²) in [5, 5.41) is 16.7. The van der Waals surface area contributed by atoms with E-state index in [9.17, 15) is 14.9 Å². The van der Waals surface area contributed by atoms with E-state index in [1.165, 1.54) is 30.1 Å². The molecule has 2 heterocycles. The average Bonchev–Trinajstić information content (AvgIpc) is 3.44. The van der Waals surface area contributed by atoms with Crippen molar-refractivity contribution in [1.29, 1.82) is 0 Å². The summed E-state index contributed by atoms with van der Waals surface area (Å²) in [6.45, 7) is 0.174. The molecule has 0 unspecified atom stereocenters. The molecule has 4 aromatic carbocycles. The van der Waals surface area contributed by atoms with Crippen molar-refractivity contribution in [2.75, 3.05) is 7.11 Å². The highest BCUT2D eigenvalue weighted by Crippen LogP contribution is 2.34. The van der Waals surface area contributed by atoms with Gasteiger partial charge >= 0.3 is 0 Å². The number of fused-ring (bicyclic) bond motifs is 2. The predicted molar refractivity (Wildman–Crippen MR) is 162 cm³/mol. The van der Waals surface area contributed by atoms with Gasteiger partial charge in [-0.2, -0.15) is 9.78 Å². The van der Waals surface area contributed by atoms with E-state index < -0.39 is 4.92 Å². The minimum absolute atomic E-state index is 0.00640. The van der Waals surface area contributed by atoms with Crippen molar-refractivity contribution in [2.24, 2.45) is 5.10 Å². The molecule has 0 bridgehead atoms. The second-order valence-electron chi connectivity index (χ2n) is 9.20. The number of nitrogens with zero attached hydrogens (tertiary/aromatic N) is 4. The molecule has 0 N–H and O–H groups in total. The monoisotopic (exact) mass is 624 g/mol. The molecule has 0 saturated heterocycles. The first-order valence-corrected chi connectivity index (χ1v) is 13.5. The number of methoxy groups -OCH3 is 1. The Morgan fingerprint density at radius 2 is 1.79 bits per heavy atom. The van der Waals surface area contributed by atoms with Gasteiger partial charge in [0.25, 0.3) is 11.2 Å². The minimum atomic E-state index is -0.452. The second kappa shape index (κ2) is 11.3. The Morgan fingerprint density at radius 1 is 1.02 bits per heavy atom. The number of aromatic nitrogens is 2. The number of nitro benzene ring substituents is 1. The molecule has 2 aromatic heterocycles. The Bertz CT molecular complexity index is 2020. The molecule has 0 aliphatic rings. The third kappa shape index (κ3) is 5.25. The molecular formula is C31H21BrN4O6. The van der Waals surface area contributed by atoms with Gasteiger partial charge in [-0.05, 0) is 70.0 Å². The first-order chi connectivity index (χ1) is 20.4. The van der Waals surface area contributed by atoms with Crippen LogP contribution in [0.3, 0.4) is 0 Å². The lowest BCUT2D eigenvalue weighted by Crippen LogP contribution is -2.20. The maximum atomic E-state index is 13.6. The molecule has 0 spiro atoms. The van der Waals surface area contributed by atoms with E-state index in [-0.39, 0.29) is 23.7 Å². The van der Waals surface area contributed by atoms with Crippen molar-refractivity contribution < 1.29 is 18.8 Å². The zero-order chi connectivity index (χ0) is 29.2. The van der Waals surface area contributed by atoms with Gasteiger partial charge in [-0.3, -0.25) is 14.9 Å². The summed E-state index contributed by atoms with van der Waals surface area (Å²) in [7, 11) is 1.51. The van der Waals surface area contributed by atoms with Gasteiger partial charge in [0.1, 0.15) is 12.2 Å². The molecule has 10 nitrogen and oxygen atoms in total. The number of para-hydroxylation sites is 2. The minimum Gasteiger partial charge on any atom is -0.493 e. The lowest BCUT2D eigenvalue weighted by Gasteiger charge is -2.13. The van der Waals surface area contributed by atoms with E-state index in [4.69, 9.17) is 18.9 Å². The summed E-state index contributed by atoms with van der Waals surface area (Å²) in [5.74, 6) is 1.55. The van der Waals surface area contributed by atoms with Crippen LogP contribution >= 0.6 is 15.9 Å². The molecule has 0 aliphatic carbocycles. The van der Waals surface area contributed by atoms with Gasteiger partial charge in [-0.1, -0.05) is 30.3 Å². The second-order valence-corrected chi connectivity index (χ2v) is 10.1. The first kappa shape index (κ1) is 26.9. The quantitative estimate of drug-likeness (QED) is 0.102. The van der Waals surface area contributed by atoms with E-state index in [0.29, 0.717) is 43.8 Å². The number of ether oxygens (including phenoxy) is 2. The van der Waals surface area contributed by atoms with Gasteiger partial charge in [-0.15, -0.1) is 0 Å². The maximum Gasteiger partial charge on any atom is 0.282 e. The summed E-state index contributed by atoms with van der Waals surface area (Å²) in [5.41, 5.74) is 2.23. The van der Waals surface area contributed by atoms with E-state index in [1.807, 2.05) is 36.4 Å². The van der Waals surface area contributed by atoms with Crippen molar-refractivity contribution in [3.63, 3.8) is 0 Å². The molecule has 11 heteroatoms. The van der Waals surface area contributed by atoms with Gasteiger partial charge < -0.3 is 13.9 Å². The van der Waals surface area contributed by atoms with Crippen LogP contribution in [0.15, 0.2) is 110 Å². The number of rotatable bonds is 8. The summed E-state index contributed by atoms with van der Waals surface area (Å²) in [6, 6.07) is 26.0. The molecule has 0 aliphatic heterocycles. The summed E-state index contributed by atoms with van der Waals surface area (Å²) in [4.78, 5) is 28.7. The fourth-order valence-electron chi connectivity index (χ4n) is 4.40. The topological polar surface area (TPSA) is 122 Å². The lowest BCUT2D eigenvalue weighted by atomic mass is 10.2. The molecule has 208 valence electrons. The number of hydrogen-bond donors (Lipinski definition) is 0. The summed E-state index contributed by atoms with van der Waals surface area (Å²) >= 11 is 3.56. The Hall–Kier alpha value is -5.29. The molecule has 0 saturated carbocycles. The van der Waals surface area contributed by atoms with Crippen LogP contribution in [-0.4, -0.2) is 27.9 Å². The average molecular weight is 625 g/mol. The number of halogens is 1. The fourth-order valence-corrected chi connectivity index (χ4v) is 4.82. The van der Waals surface area contributed by atoms with Gasteiger partial charge in [0.05, 0.1) is 29.2 Å². The highest BCUT2D eigenvalue weighted by molar-refractivity contribution is 9.10. The third-order valence-electron chi connectivity index (χ3n) is 6.54. The molecular weight excluding hydrogens is 604 g/mol. The van der Waals surface area contributed by atoms with Crippen LogP contribution in [0.5, 0.6) is 11.5 Å². The van der Waals surface area contributed by atoms with Crippen LogP contribution in [0.4, 0.5) is 5.69 Å². The van der Waals surface area contributed by atoms with Crippen molar-refractivity contribution in [1.82, 2.24) is 9.66 Å². The highest BCUT2D eigenvalue weighted by Gasteiger charge is 2.17. The van der Waals surface area contributed by atoms with E-state index in [0.717, 1.165) is 10.9 Å². The normalized spacial score (nSPS) is 11.4. The fraction of sp³-hybridized carbons (Fsp3) is 0.0645. The van der Waals surface area contributed by atoms with Crippen LogP contribution in [0.2, 0.25) is 0 Å². The number of hydrogen-bond acceptors (Lipinski definition) is 8. The zero-order valence-corrected chi connectivity index (χ0v) is 23.6. The number of non-ortho nitro benzene ring substituents is 1. The largest absolute Gasteiger partial charge is 0.493 e. The van der Waals surface area contributed by atoms with Gasteiger partial charge in [-0.25, -0.2) is 4.98 Å². The van der Waals surface area contributed by atoms with Crippen LogP contribution in [0.25, 0.3) is 33.5 Å². The lowest BCUT2D eigenvalue weighted by molar-refractivity contribution is -0.384. The van der Waals surface area contributed by atoms with Gasteiger partial charge in [0, 0.05) is 27.6 Å². The maximum absolute atomic E-state index is 13.6. The summed E-state index contributed by atoms with van der Waals surface area (Å²) in [6.07, 6.45) is 1.52. The van der Waals surface area contributed by atoms with Crippen molar-refractivity contribution >= 4 is 49.7 Å². The predicted octanol–water partition coefficient (Wildman–Crippen LogP) is 6.95. The summed E-state index contributed by atoms with van der Waals surface area (Å²) < 4.78 is 19.4. The van der Waals surface area contributed by atoms with Crippen LogP contribution < -0.4 is 15.0 Å². The number of benzene rings is 4. The van der Waals surface area contributed by atoms with E-state index >= 15 is 0 Å². The van der Waals surface area contributed by atoms with E-state index in [2.05, 4.69) is 21.0 Å². The van der Waals surface area contributed by atoms with E-state index in [1.54, 1.807) is 42.5 Å². The Morgan fingerprint density at radius 3 is 2.55 bits per heavy atom. The number of furan rings is 1. The molecule has 0 amide bonds. The molecule has 0 fully saturated rings. The SMILES string of the molecule is COc1cc(C=Nn2c(-c3cc4ccccc4o3)nc3ccccc3c2=O)c(Br)cc1OCc1ccc([N+](=O)[O-])cc1. The molecule has 6 rings (SSSR count). The van der Waals surface area contributed by atoms with Crippen LogP contribution in [0.1, 0.15) is 11.1 Å². The molecule has 42 heavy (non-hydrogen) atoms. The molecule has 0 radical (unpaired) electrons.